The van der Waals surface area contributed by atoms with Gasteiger partial charge < -0.3 is 26.0 Å². The summed E-state index contributed by atoms with van der Waals surface area (Å²) in [6.45, 7) is 1.60. The molecule has 5 rings (SSSR count). The van der Waals surface area contributed by atoms with Crippen LogP contribution in [0.2, 0.25) is 5.02 Å². The Kier molecular flexibility index (Phi) is 10.3. The first-order valence-corrected chi connectivity index (χ1v) is 16.0. The van der Waals surface area contributed by atoms with Crippen molar-refractivity contribution in [1.29, 1.82) is 0 Å². The van der Waals surface area contributed by atoms with Gasteiger partial charge in [-0.3, -0.25) is 14.4 Å². The van der Waals surface area contributed by atoms with E-state index < -0.39 is 29.4 Å². The van der Waals surface area contributed by atoms with Gasteiger partial charge in [0.15, 0.2) is 0 Å². The maximum Gasteiger partial charge on any atom is 0.418 e. The molecule has 3 aliphatic rings. The van der Waals surface area contributed by atoms with Gasteiger partial charge >= 0.3 is 6.18 Å². The predicted octanol–water partition coefficient (Wildman–Crippen LogP) is 5.30. The smallest absolute Gasteiger partial charge is 0.397 e. The molecule has 0 spiro atoms. The minimum Gasteiger partial charge on any atom is -0.397 e. The van der Waals surface area contributed by atoms with E-state index in [0.717, 1.165) is 49.4 Å². The maximum atomic E-state index is 13.6. The minimum atomic E-state index is -4.73. The van der Waals surface area contributed by atoms with E-state index in [0.29, 0.717) is 39.0 Å². The fraction of sp³-hybridized carbons (Fsp3) is 0.545. The lowest BCUT2D eigenvalue weighted by Gasteiger charge is -2.35. The summed E-state index contributed by atoms with van der Waals surface area (Å²) in [5, 5.41) is 12.7. The second-order valence-electron chi connectivity index (χ2n) is 12.6. The molecule has 12 heteroatoms. The molecule has 3 amide bonds. The number of benzene rings is 2. The van der Waals surface area contributed by atoms with Crippen LogP contribution >= 0.6 is 11.6 Å². The number of fused-ring (bicyclic) bond motifs is 1. The Labute approximate surface area is 266 Å². The van der Waals surface area contributed by atoms with Gasteiger partial charge in [-0.15, -0.1) is 0 Å². The number of alkyl halides is 3. The number of amides is 3. The molecule has 0 bridgehead atoms. The van der Waals surface area contributed by atoms with Crippen molar-refractivity contribution < 1.29 is 32.7 Å². The molecule has 0 aliphatic carbocycles. The number of hydrogen-bond acceptors (Lipinski definition) is 5. The van der Waals surface area contributed by atoms with Crippen molar-refractivity contribution in [2.75, 3.05) is 37.2 Å². The van der Waals surface area contributed by atoms with Crippen LogP contribution in [0.25, 0.3) is 0 Å². The van der Waals surface area contributed by atoms with Crippen LogP contribution in [-0.2, 0) is 33.4 Å². The molecule has 0 saturated carbocycles. The van der Waals surface area contributed by atoms with Crippen LogP contribution in [0.1, 0.15) is 61.6 Å². The lowest BCUT2D eigenvalue weighted by Crippen LogP contribution is -2.46. The number of nitrogens with one attached hydrogen (secondary N) is 1. The predicted molar refractivity (Wildman–Crippen MR) is 165 cm³/mol. The Balaban J connectivity index is 1.23. The van der Waals surface area contributed by atoms with Crippen molar-refractivity contribution in [3.63, 3.8) is 0 Å². The third-order valence-electron chi connectivity index (χ3n) is 9.52. The van der Waals surface area contributed by atoms with Gasteiger partial charge in [0.05, 0.1) is 28.3 Å². The Morgan fingerprint density at radius 1 is 1.02 bits per heavy atom. The molecule has 4 N–H and O–H groups in total. The number of likely N-dealkylation sites (tertiary alicyclic amines) is 2. The van der Waals surface area contributed by atoms with Crippen LogP contribution in [-0.4, -0.2) is 64.9 Å². The van der Waals surface area contributed by atoms with Crippen molar-refractivity contribution in [1.82, 2.24) is 9.80 Å². The summed E-state index contributed by atoms with van der Waals surface area (Å²) in [4.78, 5) is 43.4. The number of nitrogens with two attached hydrogens (primary N) is 1. The highest BCUT2D eigenvalue weighted by atomic mass is 35.5. The molecule has 2 aromatic carbocycles. The highest BCUT2D eigenvalue weighted by molar-refractivity contribution is 6.33. The van der Waals surface area contributed by atoms with Gasteiger partial charge in [0, 0.05) is 44.2 Å². The van der Waals surface area contributed by atoms with Crippen molar-refractivity contribution >= 4 is 40.7 Å². The molecule has 2 atom stereocenters. The van der Waals surface area contributed by atoms with E-state index in [4.69, 9.17) is 17.3 Å². The molecule has 0 aromatic heterocycles. The number of nitrogens with zero attached hydrogens (tertiary/aromatic N) is 2. The number of piperidine rings is 2. The number of rotatable bonds is 7. The topological polar surface area (TPSA) is 116 Å². The normalized spacial score (nSPS) is 20.7. The number of carbonyl (C=O) groups is 3. The molecular weight excluding hydrogens is 609 g/mol. The van der Waals surface area contributed by atoms with E-state index in [2.05, 4.69) is 5.32 Å². The first-order valence-electron chi connectivity index (χ1n) is 15.7. The SMILES string of the molecule is Nc1c(Cl)cc(C[C@@H](CC(=O)N2CCC(CC3CCc4ccccc4NC3=O)CC2)C(=O)N2CCC(O)CC2)cc1C(F)(F)F. The Hall–Kier alpha value is -3.31. The molecule has 2 saturated heterocycles. The molecule has 244 valence electrons. The molecular formula is C33H40ClF3N4O4. The molecule has 8 nitrogen and oxygen atoms in total. The molecule has 2 aromatic rings. The minimum absolute atomic E-state index is 0.0292. The number of aryl methyl sites for hydroxylation is 1. The highest BCUT2D eigenvalue weighted by Gasteiger charge is 2.36. The number of hydrogen-bond donors (Lipinski definition) is 3. The third kappa shape index (κ3) is 8.10. The van der Waals surface area contributed by atoms with Crippen molar-refractivity contribution in [3.05, 3.63) is 58.1 Å². The van der Waals surface area contributed by atoms with Gasteiger partial charge in [-0.25, -0.2) is 0 Å². The number of carbonyl (C=O) groups excluding carboxylic acids is 3. The van der Waals surface area contributed by atoms with E-state index >= 15 is 0 Å². The van der Waals surface area contributed by atoms with Crippen LogP contribution in [0.4, 0.5) is 24.5 Å². The summed E-state index contributed by atoms with van der Waals surface area (Å²) in [5.74, 6) is -1.26. The molecule has 0 radical (unpaired) electrons. The number of anilines is 2. The van der Waals surface area contributed by atoms with Gasteiger partial charge in [-0.05, 0) is 86.6 Å². The second kappa shape index (κ2) is 14.0. The number of aliphatic hydroxyl groups is 1. The molecule has 45 heavy (non-hydrogen) atoms. The van der Waals surface area contributed by atoms with Crippen molar-refractivity contribution in [2.45, 2.75) is 70.1 Å². The Morgan fingerprint density at radius 2 is 1.69 bits per heavy atom. The average Bonchev–Trinajstić information content (AvgIpc) is 3.16. The van der Waals surface area contributed by atoms with Crippen molar-refractivity contribution in [2.24, 2.45) is 17.8 Å². The van der Waals surface area contributed by atoms with Gasteiger partial charge in [0.25, 0.3) is 0 Å². The quantitative estimate of drug-likeness (QED) is 0.353. The van der Waals surface area contributed by atoms with Crippen LogP contribution in [0, 0.1) is 17.8 Å². The fourth-order valence-corrected chi connectivity index (χ4v) is 7.09. The summed E-state index contributed by atoms with van der Waals surface area (Å²) in [6, 6.07) is 10.1. The monoisotopic (exact) mass is 648 g/mol. The van der Waals surface area contributed by atoms with Gasteiger partial charge in [0.2, 0.25) is 17.7 Å². The first kappa shape index (κ1) is 33.1. The lowest BCUT2D eigenvalue weighted by atomic mass is 9.84. The van der Waals surface area contributed by atoms with Crippen LogP contribution < -0.4 is 11.1 Å². The number of nitrogen functional groups attached to an aromatic ring is 1. The number of halogens is 4. The van der Waals surface area contributed by atoms with E-state index in [9.17, 15) is 32.7 Å². The van der Waals surface area contributed by atoms with E-state index in [1.807, 2.05) is 24.3 Å². The standard InChI is InChI=1S/C33H40ClF3N4O4/c34-27-18-21(17-26(30(27)38)33(35,36)37)16-24(32(45)41-13-9-25(42)10-14-41)19-29(43)40-11-7-20(8-12-40)15-23-6-5-22-3-1-2-4-28(22)39-31(23)44/h1-4,17-18,20,23-25,42H,5-16,19,38H2,(H,39,44)/t23?,24-/m0/s1. The summed E-state index contributed by atoms with van der Waals surface area (Å²) in [5.41, 5.74) is 6.13. The first-order chi connectivity index (χ1) is 21.4. The zero-order chi connectivity index (χ0) is 32.3. The van der Waals surface area contributed by atoms with E-state index in [1.165, 1.54) is 6.07 Å². The third-order valence-corrected chi connectivity index (χ3v) is 9.83. The molecule has 1 unspecified atom stereocenters. The summed E-state index contributed by atoms with van der Waals surface area (Å²) in [6.07, 6.45) is -0.916. The lowest BCUT2D eigenvalue weighted by molar-refractivity contribution is -0.143. The highest BCUT2D eigenvalue weighted by Crippen LogP contribution is 2.39. The number of para-hydroxylation sites is 1. The van der Waals surface area contributed by atoms with Crippen LogP contribution in [0.5, 0.6) is 0 Å². The summed E-state index contributed by atoms with van der Waals surface area (Å²) >= 11 is 6.06. The van der Waals surface area contributed by atoms with Gasteiger partial charge in [-0.2, -0.15) is 13.2 Å². The maximum absolute atomic E-state index is 13.6. The fourth-order valence-electron chi connectivity index (χ4n) is 6.84. The Morgan fingerprint density at radius 3 is 2.38 bits per heavy atom. The molecule has 3 heterocycles. The second-order valence-corrected chi connectivity index (χ2v) is 13.0. The van der Waals surface area contributed by atoms with Gasteiger partial charge in [-0.1, -0.05) is 29.8 Å². The van der Waals surface area contributed by atoms with Crippen molar-refractivity contribution in [3.8, 4) is 0 Å². The summed E-state index contributed by atoms with van der Waals surface area (Å²) in [7, 11) is 0. The Bertz CT molecular complexity index is 1400. The molecule has 3 aliphatic heterocycles. The van der Waals surface area contributed by atoms with Gasteiger partial charge in [0.1, 0.15) is 0 Å². The zero-order valence-electron chi connectivity index (χ0n) is 25.1. The zero-order valence-corrected chi connectivity index (χ0v) is 25.9. The van der Waals surface area contributed by atoms with E-state index in [-0.39, 0.29) is 53.0 Å². The number of aliphatic hydroxyl groups excluding tert-OH is 1. The molecule has 2 fully saturated rings. The van der Waals surface area contributed by atoms with Crippen LogP contribution in [0.3, 0.4) is 0 Å². The van der Waals surface area contributed by atoms with Crippen LogP contribution in [0.15, 0.2) is 36.4 Å². The summed E-state index contributed by atoms with van der Waals surface area (Å²) < 4.78 is 40.9. The largest absolute Gasteiger partial charge is 0.418 e. The average molecular weight is 649 g/mol. The van der Waals surface area contributed by atoms with E-state index in [1.54, 1.807) is 9.80 Å².